The summed E-state index contributed by atoms with van der Waals surface area (Å²) in [5.74, 6) is 0.763. The zero-order valence-corrected chi connectivity index (χ0v) is 34.6. The molecule has 4 heteroatoms. The van der Waals surface area contributed by atoms with Crippen LogP contribution in [0.5, 0.6) is 0 Å². The third kappa shape index (κ3) is 5.61. The van der Waals surface area contributed by atoms with Crippen molar-refractivity contribution in [1.82, 2.24) is 4.57 Å². The molecule has 4 nitrogen and oxygen atoms in total. The summed E-state index contributed by atoms with van der Waals surface area (Å²) in [6.07, 6.45) is 3.10. The van der Waals surface area contributed by atoms with Gasteiger partial charge in [-0.3, -0.25) is 0 Å². The van der Waals surface area contributed by atoms with Crippen LogP contribution < -0.4 is 0 Å². The summed E-state index contributed by atoms with van der Waals surface area (Å²) in [5.41, 5.74) is 9.92. The highest BCUT2D eigenvalue weighted by molar-refractivity contribution is 6.26. The Morgan fingerprint density at radius 1 is 0.492 bits per heavy atom. The molecule has 63 heavy (non-hydrogen) atoms. The highest BCUT2D eigenvalue weighted by atomic mass is 16.3. The van der Waals surface area contributed by atoms with Gasteiger partial charge in [0.2, 0.25) is 0 Å². The van der Waals surface area contributed by atoms with Crippen LogP contribution in [0.3, 0.4) is 0 Å². The second-order valence-electron chi connectivity index (χ2n) is 16.9. The van der Waals surface area contributed by atoms with Crippen LogP contribution in [0.1, 0.15) is 30.0 Å². The van der Waals surface area contributed by atoms with Crippen molar-refractivity contribution in [2.45, 2.75) is 13.3 Å². The molecule has 0 saturated heterocycles. The molecule has 0 amide bonds. The van der Waals surface area contributed by atoms with Crippen molar-refractivity contribution in [3.8, 4) is 5.69 Å². The average Bonchev–Trinajstić information content (AvgIpc) is 3.88. The number of aromatic nitrogens is 1. The molecule has 0 N–H and O–H groups in total. The maximum Gasteiger partial charge on any atom is 0.160 e. The van der Waals surface area contributed by atoms with E-state index < -0.39 is 0 Å². The highest BCUT2D eigenvalue weighted by Crippen LogP contribution is 2.43. The van der Waals surface area contributed by atoms with Crippen LogP contribution in [-0.4, -0.2) is 16.1 Å². The van der Waals surface area contributed by atoms with Crippen LogP contribution in [0.25, 0.3) is 98.2 Å². The van der Waals surface area contributed by atoms with Crippen molar-refractivity contribution in [2.24, 2.45) is 15.9 Å². The zero-order valence-electron chi connectivity index (χ0n) is 34.6. The summed E-state index contributed by atoms with van der Waals surface area (Å²) in [5, 5.41) is 14.0. The minimum absolute atomic E-state index is 0.105. The van der Waals surface area contributed by atoms with Crippen LogP contribution in [0.4, 0.5) is 0 Å². The van der Waals surface area contributed by atoms with Gasteiger partial charge >= 0.3 is 0 Å². The number of hydrogen-bond donors (Lipinski definition) is 0. The summed E-state index contributed by atoms with van der Waals surface area (Å²) < 4.78 is 9.53. The number of aliphatic imine (C=N–C) groups is 2. The van der Waals surface area contributed by atoms with E-state index in [4.69, 9.17) is 14.4 Å². The molecule has 296 valence electrons. The molecule has 12 aromatic rings. The maximum absolute atomic E-state index is 7.10. The van der Waals surface area contributed by atoms with E-state index in [2.05, 4.69) is 212 Å². The third-order valence-corrected chi connectivity index (χ3v) is 13.2. The first-order valence-corrected chi connectivity index (χ1v) is 21.8. The minimum atomic E-state index is 0.105. The van der Waals surface area contributed by atoms with Gasteiger partial charge in [-0.05, 0) is 80.5 Å². The number of hydrogen-bond acceptors (Lipinski definition) is 3. The van der Waals surface area contributed by atoms with E-state index in [-0.39, 0.29) is 5.92 Å². The molecule has 13 rings (SSSR count). The molecule has 2 aromatic heterocycles. The fourth-order valence-electron chi connectivity index (χ4n) is 10.1. The molecule has 1 aliphatic heterocycles. The van der Waals surface area contributed by atoms with Crippen molar-refractivity contribution < 1.29 is 4.42 Å². The van der Waals surface area contributed by atoms with E-state index in [9.17, 15) is 0 Å². The summed E-state index contributed by atoms with van der Waals surface area (Å²) in [6.45, 7) is 2.29. The predicted molar refractivity (Wildman–Crippen MR) is 266 cm³/mol. The zero-order chi connectivity index (χ0) is 41.6. The van der Waals surface area contributed by atoms with Gasteiger partial charge in [0.15, 0.2) is 11.4 Å². The lowest BCUT2D eigenvalue weighted by Crippen LogP contribution is -2.17. The van der Waals surface area contributed by atoms with E-state index >= 15 is 0 Å². The number of allylic oxidation sites excluding steroid dienone is 1. The highest BCUT2D eigenvalue weighted by Gasteiger charge is 2.26. The number of rotatable bonds is 4. The second kappa shape index (κ2) is 14.0. The van der Waals surface area contributed by atoms with Crippen LogP contribution in [0.2, 0.25) is 0 Å². The average molecular weight is 806 g/mol. The van der Waals surface area contributed by atoms with Gasteiger partial charge in [0, 0.05) is 49.5 Å². The van der Waals surface area contributed by atoms with Gasteiger partial charge in [-0.1, -0.05) is 171 Å². The topological polar surface area (TPSA) is 42.8 Å². The van der Waals surface area contributed by atoms with Crippen LogP contribution in [0.15, 0.2) is 215 Å². The summed E-state index contributed by atoms with van der Waals surface area (Å²) in [4.78, 5) is 11.3. The first-order valence-electron chi connectivity index (χ1n) is 21.8. The van der Waals surface area contributed by atoms with E-state index in [1.807, 2.05) is 0 Å². The van der Waals surface area contributed by atoms with Crippen LogP contribution in [-0.2, 0) is 0 Å². The molecule has 1 aliphatic rings. The van der Waals surface area contributed by atoms with Gasteiger partial charge in [-0.2, -0.15) is 0 Å². The molecule has 10 aromatic carbocycles. The lowest BCUT2D eigenvalue weighted by atomic mass is 9.90. The Morgan fingerprint density at radius 3 is 1.97 bits per heavy atom. The van der Waals surface area contributed by atoms with Crippen molar-refractivity contribution in [1.29, 1.82) is 0 Å². The maximum atomic E-state index is 7.10. The number of para-hydroxylation sites is 1. The minimum Gasteiger partial charge on any atom is -0.454 e. The molecule has 3 heterocycles. The number of furan rings is 1. The first-order chi connectivity index (χ1) is 31.1. The molecule has 0 bridgehead atoms. The smallest absolute Gasteiger partial charge is 0.160 e. The monoisotopic (exact) mass is 805 g/mol. The molecule has 0 radical (unpaired) electrons. The molecular weight excluding hydrogens is 767 g/mol. The molecule has 1 unspecified atom stereocenters. The second-order valence-corrected chi connectivity index (χ2v) is 16.9. The van der Waals surface area contributed by atoms with Crippen molar-refractivity contribution in [2.75, 3.05) is 0 Å². The quantitative estimate of drug-likeness (QED) is 0.175. The van der Waals surface area contributed by atoms with Crippen LogP contribution in [0, 0.1) is 5.92 Å². The summed E-state index contributed by atoms with van der Waals surface area (Å²) >= 11 is 0. The van der Waals surface area contributed by atoms with Crippen molar-refractivity contribution in [3.63, 3.8) is 0 Å². The molecule has 0 fully saturated rings. The third-order valence-electron chi connectivity index (χ3n) is 13.2. The Bertz CT molecular complexity index is 3970. The number of nitrogens with zero attached hydrogens (tertiary/aromatic N) is 3. The molecular formula is C59H39N3O. The van der Waals surface area contributed by atoms with E-state index in [1.165, 1.54) is 53.9 Å². The summed E-state index contributed by atoms with van der Waals surface area (Å²) in [6, 6.07) is 69.7. The van der Waals surface area contributed by atoms with Crippen molar-refractivity contribution in [3.05, 3.63) is 217 Å². The fraction of sp³-hybridized carbons (Fsp3) is 0.0508. The Kier molecular flexibility index (Phi) is 7.91. The summed E-state index contributed by atoms with van der Waals surface area (Å²) in [7, 11) is 0. The SMILES string of the molecule is CC1C/C=C(c2ccc3ccccc3c2)/N=C(c2ccc(-n3c4cc5ccccc5cc4c4ccc5ccccc5c43)c3oc4ccccc4c23)\N=C/1c1cccc2ccccc12. The Labute approximate surface area is 363 Å². The van der Waals surface area contributed by atoms with Gasteiger partial charge in [0.05, 0.1) is 28.1 Å². The standard InChI is InChI=1S/C59H39N3O/c1-36-25-31-51(43-27-26-37-13-2-3-16-40(37)33-43)60-59(61-56(36)46-23-12-19-38-14-6-8-20-44(38)46)49-30-32-52(58-55(49)48-22-10-11-24-54(48)63-58)62-53-35-42-18-5-4-17-41(42)34-50(53)47-29-28-39-15-7-9-21-45(39)57(47)62/h2-24,26-36H,25H2,1H3/b51-31+,60-59-,61-56+. The fourth-order valence-corrected chi connectivity index (χ4v) is 10.1. The van der Waals surface area contributed by atoms with Crippen molar-refractivity contribution >= 4 is 104 Å². The lowest BCUT2D eigenvalue weighted by Gasteiger charge is -2.20. The Balaban J connectivity index is 1.13. The van der Waals surface area contributed by atoms with Gasteiger partial charge in [0.25, 0.3) is 0 Å². The Morgan fingerprint density at radius 2 is 1.14 bits per heavy atom. The van der Waals surface area contributed by atoms with Gasteiger partial charge in [0.1, 0.15) is 5.58 Å². The largest absolute Gasteiger partial charge is 0.454 e. The van der Waals surface area contributed by atoms with Gasteiger partial charge in [-0.15, -0.1) is 0 Å². The molecule has 1 atom stereocenters. The Hall–Kier alpha value is -8.08. The molecule has 0 spiro atoms. The molecule has 0 aliphatic carbocycles. The number of benzene rings is 10. The van der Waals surface area contributed by atoms with E-state index in [0.29, 0.717) is 5.84 Å². The molecule has 0 saturated carbocycles. The first kappa shape index (κ1) is 35.7. The lowest BCUT2D eigenvalue weighted by molar-refractivity contribution is 0.666. The number of fused-ring (bicyclic) bond motifs is 11. The van der Waals surface area contributed by atoms with Gasteiger partial charge < -0.3 is 8.98 Å². The van der Waals surface area contributed by atoms with E-state index in [0.717, 1.165) is 73.2 Å². The van der Waals surface area contributed by atoms with Crippen LogP contribution >= 0.6 is 0 Å². The normalized spacial score (nSPS) is 17.3. The van der Waals surface area contributed by atoms with Gasteiger partial charge in [-0.25, -0.2) is 9.98 Å². The van der Waals surface area contributed by atoms with E-state index in [1.54, 1.807) is 0 Å². The predicted octanol–water partition coefficient (Wildman–Crippen LogP) is 15.6. The number of amidine groups is 1.